The van der Waals surface area contributed by atoms with Gasteiger partial charge in [-0.3, -0.25) is 14.4 Å². The second-order valence-corrected chi connectivity index (χ2v) is 5.25. The normalized spacial score (nSPS) is 22.5. The van der Waals surface area contributed by atoms with Gasteiger partial charge in [0.1, 0.15) is 18.8 Å². The summed E-state index contributed by atoms with van der Waals surface area (Å²) in [6.45, 7) is 1.00. The van der Waals surface area contributed by atoms with Gasteiger partial charge in [0.2, 0.25) is 5.91 Å². The fraction of sp³-hybridized carbons (Fsp3) is 0.400. The molecule has 1 unspecified atom stereocenters. The van der Waals surface area contributed by atoms with E-state index in [9.17, 15) is 19.5 Å². The van der Waals surface area contributed by atoms with Crippen molar-refractivity contribution in [2.45, 2.75) is 31.5 Å². The number of aliphatic hydroxyl groups is 1. The van der Waals surface area contributed by atoms with E-state index in [-0.39, 0.29) is 13.0 Å². The number of carboxylic acid groups (broad SMARTS) is 1. The molecule has 2 rings (SSSR count). The second-order valence-electron chi connectivity index (χ2n) is 5.25. The van der Waals surface area contributed by atoms with Crippen molar-refractivity contribution in [1.29, 1.82) is 0 Å². The first-order valence-corrected chi connectivity index (χ1v) is 7.10. The van der Waals surface area contributed by atoms with Crippen LogP contribution in [0.15, 0.2) is 30.3 Å². The Morgan fingerprint density at radius 1 is 1.39 bits per heavy atom. The van der Waals surface area contributed by atoms with E-state index in [2.05, 4.69) is 5.32 Å². The van der Waals surface area contributed by atoms with Crippen LogP contribution in [-0.4, -0.2) is 57.9 Å². The van der Waals surface area contributed by atoms with Crippen molar-refractivity contribution in [2.75, 3.05) is 6.61 Å². The molecule has 0 bridgehead atoms. The molecule has 0 aliphatic carbocycles. The molecule has 2 amide bonds. The summed E-state index contributed by atoms with van der Waals surface area (Å²) in [6.07, 6.45) is -1.19. The quantitative estimate of drug-likeness (QED) is 0.661. The van der Waals surface area contributed by atoms with Crippen molar-refractivity contribution >= 4 is 17.8 Å². The maximum absolute atomic E-state index is 12.2. The van der Waals surface area contributed by atoms with Gasteiger partial charge in [-0.1, -0.05) is 30.3 Å². The van der Waals surface area contributed by atoms with E-state index < -0.39 is 36.0 Å². The molecular formula is C15H18N2O6. The number of hydrogen-bond donors (Lipinski definition) is 3. The molecule has 1 fully saturated rings. The van der Waals surface area contributed by atoms with Crippen LogP contribution in [0.5, 0.6) is 0 Å². The van der Waals surface area contributed by atoms with Crippen LogP contribution < -0.4 is 5.32 Å². The predicted molar refractivity (Wildman–Crippen MR) is 78.0 cm³/mol. The smallest absolute Gasteiger partial charge is 0.328 e. The van der Waals surface area contributed by atoms with Crippen LogP contribution >= 0.6 is 0 Å². The third-order valence-corrected chi connectivity index (χ3v) is 3.49. The number of carboxylic acids is 1. The molecule has 1 aliphatic rings. The number of carbonyl (C=O) groups excluding carboxylic acids is 2. The molecule has 8 nitrogen and oxygen atoms in total. The molecule has 3 atom stereocenters. The average molecular weight is 322 g/mol. The second kappa shape index (κ2) is 7.21. The largest absolute Gasteiger partial charge is 0.480 e. The Morgan fingerprint density at radius 3 is 2.65 bits per heavy atom. The van der Waals surface area contributed by atoms with E-state index in [0.717, 1.165) is 5.56 Å². The van der Waals surface area contributed by atoms with Crippen LogP contribution in [0.3, 0.4) is 0 Å². The molecule has 23 heavy (non-hydrogen) atoms. The third kappa shape index (κ3) is 4.05. The summed E-state index contributed by atoms with van der Waals surface area (Å²) in [5.74, 6) is -2.48. The first-order chi connectivity index (χ1) is 10.9. The highest BCUT2D eigenvalue weighted by Gasteiger charge is 2.41. The Morgan fingerprint density at radius 2 is 2.04 bits per heavy atom. The van der Waals surface area contributed by atoms with E-state index in [4.69, 9.17) is 9.94 Å². The Balaban J connectivity index is 2.03. The van der Waals surface area contributed by atoms with Gasteiger partial charge in [-0.25, -0.2) is 9.86 Å². The molecule has 8 heteroatoms. The van der Waals surface area contributed by atoms with Gasteiger partial charge in [0.05, 0.1) is 6.42 Å². The maximum atomic E-state index is 12.2. The molecule has 0 aromatic heterocycles. The number of hydroxylamine groups is 2. The first kappa shape index (κ1) is 16.9. The predicted octanol–water partition coefficient (Wildman–Crippen LogP) is -0.678. The minimum atomic E-state index is -1.25. The summed E-state index contributed by atoms with van der Waals surface area (Å²) < 4.78 is 0. The Kier molecular flexibility index (Phi) is 5.30. The zero-order valence-electron chi connectivity index (χ0n) is 12.5. The van der Waals surface area contributed by atoms with Gasteiger partial charge in [-0.05, 0) is 12.5 Å². The Bertz CT molecular complexity index is 591. The Hall–Kier alpha value is -2.45. The standard InChI is InChI=1S/C15H18N2O6/c1-9(15(21)22)17-14(20)13(11(18)8-23-17)16-12(19)7-10-5-3-2-4-6-10/h2-6,9,11,13,18H,7-8H2,1H3,(H,16,19)(H,21,22)/t9?,11-,13-/m0/s1. The Labute approximate surface area is 132 Å². The molecule has 0 spiro atoms. The summed E-state index contributed by atoms with van der Waals surface area (Å²) in [5, 5.41) is 21.9. The average Bonchev–Trinajstić information content (AvgIpc) is 2.52. The van der Waals surface area contributed by atoms with Gasteiger partial charge in [0.15, 0.2) is 6.04 Å². The van der Waals surface area contributed by atoms with E-state index in [1.54, 1.807) is 24.3 Å². The van der Waals surface area contributed by atoms with Crippen molar-refractivity contribution in [1.82, 2.24) is 10.4 Å². The van der Waals surface area contributed by atoms with E-state index >= 15 is 0 Å². The zero-order valence-corrected chi connectivity index (χ0v) is 12.5. The maximum Gasteiger partial charge on any atom is 0.328 e. The topological polar surface area (TPSA) is 116 Å². The number of carbonyl (C=O) groups is 3. The lowest BCUT2D eigenvalue weighted by Gasteiger charge is -2.36. The van der Waals surface area contributed by atoms with Crippen LogP contribution in [0.2, 0.25) is 0 Å². The molecule has 0 saturated carbocycles. The van der Waals surface area contributed by atoms with Crippen LogP contribution in [-0.2, 0) is 25.6 Å². The molecule has 124 valence electrons. The molecule has 1 aromatic carbocycles. The third-order valence-electron chi connectivity index (χ3n) is 3.49. The highest BCUT2D eigenvalue weighted by Crippen LogP contribution is 2.14. The minimum Gasteiger partial charge on any atom is -0.480 e. The lowest BCUT2D eigenvalue weighted by atomic mass is 10.1. The molecule has 1 aromatic rings. The monoisotopic (exact) mass is 322 g/mol. The highest BCUT2D eigenvalue weighted by molar-refractivity contribution is 5.91. The van der Waals surface area contributed by atoms with Crippen LogP contribution in [0.1, 0.15) is 12.5 Å². The van der Waals surface area contributed by atoms with Gasteiger partial charge in [0.25, 0.3) is 5.91 Å². The van der Waals surface area contributed by atoms with Crippen LogP contribution in [0.4, 0.5) is 0 Å². The number of aliphatic carboxylic acids is 1. The summed E-state index contributed by atoms with van der Waals surface area (Å²) in [6, 6.07) is 6.46. The van der Waals surface area contributed by atoms with Crippen molar-refractivity contribution in [3.63, 3.8) is 0 Å². The fourth-order valence-corrected chi connectivity index (χ4v) is 2.18. The van der Waals surface area contributed by atoms with Crippen LogP contribution in [0, 0.1) is 0 Å². The van der Waals surface area contributed by atoms with Gasteiger partial charge in [-0.15, -0.1) is 0 Å². The number of nitrogens with one attached hydrogen (secondary N) is 1. The van der Waals surface area contributed by atoms with Crippen molar-refractivity contribution in [2.24, 2.45) is 0 Å². The number of amides is 2. The summed E-state index contributed by atoms with van der Waals surface area (Å²) in [7, 11) is 0. The van der Waals surface area contributed by atoms with E-state index in [0.29, 0.717) is 5.06 Å². The highest BCUT2D eigenvalue weighted by atomic mass is 16.7. The van der Waals surface area contributed by atoms with Crippen molar-refractivity contribution < 1.29 is 29.4 Å². The summed E-state index contributed by atoms with van der Waals surface area (Å²) in [5.41, 5.74) is 0.759. The molecule has 1 heterocycles. The number of hydrogen-bond acceptors (Lipinski definition) is 5. The minimum absolute atomic E-state index is 0.0483. The van der Waals surface area contributed by atoms with Gasteiger partial charge in [0, 0.05) is 0 Å². The van der Waals surface area contributed by atoms with Gasteiger partial charge >= 0.3 is 5.97 Å². The lowest BCUT2D eigenvalue weighted by Crippen LogP contribution is -2.62. The molecule has 0 radical (unpaired) electrons. The number of aliphatic hydroxyl groups excluding tert-OH is 1. The molecule has 1 aliphatic heterocycles. The fourth-order valence-electron chi connectivity index (χ4n) is 2.18. The van der Waals surface area contributed by atoms with E-state index in [1.165, 1.54) is 6.92 Å². The number of rotatable bonds is 5. The summed E-state index contributed by atoms with van der Waals surface area (Å²) in [4.78, 5) is 40.2. The number of benzene rings is 1. The number of nitrogens with zero attached hydrogens (tertiary/aromatic N) is 1. The lowest BCUT2D eigenvalue weighted by molar-refractivity contribution is -0.233. The van der Waals surface area contributed by atoms with Crippen LogP contribution in [0.25, 0.3) is 0 Å². The zero-order chi connectivity index (χ0) is 17.0. The molecule has 3 N–H and O–H groups in total. The van der Waals surface area contributed by atoms with E-state index in [1.807, 2.05) is 6.07 Å². The first-order valence-electron chi connectivity index (χ1n) is 7.10. The SMILES string of the molecule is CC(C(=O)O)N1OC[C@H](O)[C@H](NC(=O)Cc2ccccc2)C1=O. The van der Waals surface area contributed by atoms with Gasteiger partial charge in [-0.2, -0.15) is 0 Å². The summed E-state index contributed by atoms with van der Waals surface area (Å²) >= 11 is 0. The van der Waals surface area contributed by atoms with Crippen molar-refractivity contribution in [3.8, 4) is 0 Å². The molecule has 1 saturated heterocycles. The van der Waals surface area contributed by atoms with Crippen molar-refractivity contribution in [3.05, 3.63) is 35.9 Å². The van der Waals surface area contributed by atoms with Gasteiger partial charge < -0.3 is 15.5 Å². The molecular weight excluding hydrogens is 304 g/mol.